The van der Waals surface area contributed by atoms with E-state index in [4.69, 9.17) is 21.4 Å². The van der Waals surface area contributed by atoms with Crippen molar-refractivity contribution >= 4 is 23.3 Å². The Balaban J connectivity index is 1.93. The van der Waals surface area contributed by atoms with E-state index in [-0.39, 0.29) is 0 Å². The Hall–Kier alpha value is -2.15. The Kier molecular flexibility index (Phi) is 4.30. The molecule has 7 heteroatoms. The molecule has 6 nitrogen and oxygen atoms in total. The number of hydrogen-bond acceptors (Lipinski definition) is 5. The molecule has 0 atom stereocenters. The van der Waals surface area contributed by atoms with Crippen LogP contribution < -0.4 is 15.4 Å². The molecule has 0 amide bonds. The summed E-state index contributed by atoms with van der Waals surface area (Å²) in [4.78, 5) is 8.36. The lowest BCUT2D eigenvalue weighted by Gasteiger charge is -2.09. The first-order valence-electron chi connectivity index (χ1n) is 5.64. The number of hydrogen-bond donors (Lipinski definition) is 2. The van der Waals surface area contributed by atoms with Crippen LogP contribution in [0, 0.1) is 6.92 Å². The van der Waals surface area contributed by atoms with Crippen LogP contribution in [0.1, 0.15) is 11.5 Å². The third-order valence-corrected chi connectivity index (χ3v) is 2.51. The molecule has 0 radical (unpaired) electrons. The van der Waals surface area contributed by atoms with Gasteiger partial charge in [-0.2, -0.15) is 4.98 Å². The molecule has 0 aliphatic rings. The number of nitrogens with one attached hydrogen (secondary N) is 2. The van der Waals surface area contributed by atoms with Crippen LogP contribution >= 0.6 is 12.2 Å². The highest BCUT2D eigenvalue weighted by atomic mass is 32.1. The maximum atomic E-state index is 5.19. The molecule has 2 rings (SSSR count). The Morgan fingerprint density at radius 3 is 3.00 bits per heavy atom. The average Bonchev–Trinajstić information content (AvgIpc) is 2.88. The lowest BCUT2D eigenvalue weighted by Crippen LogP contribution is -2.28. The fourth-order valence-corrected chi connectivity index (χ4v) is 1.59. The molecule has 0 aromatic carbocycles. The summed E-state index contributed by atoms with van der Waals surface area (Å²) >= 11 is 5.15. The summed E-state index contributed by atoms with van der Waals surface area (Å²) < 4.78 is 10.3. The fraction of sp³-hybridized carbons (Fsp3) is 0.250. The van der Waals surface area contributed by atoms with Gasteiger partial charge in [-0.3, -0.25) is 0 Å². The lowest BCUT2D eigenvalue weighted by atomic mass is 10.4. The zero-order valence-electron chi connectivity index (χ0n) is 10.6. The van der Waals surface area contributed by atoms with Crippen molar-refractivity contribution in [3.8, 4) is 5.88 Å². The first-order valence-corrected chi connectivity index (χ1v) is 6.05. The molecule has 100 valence electrons. The second kappa shape index (κ2) is 6.14. The SMILES string of the molecule is COc1cc(C)nc(NC(=S)NCc2ccco2)n1. The number of rotatable bonds is 4. The molecule has 0 unspecified atom stereocenters. The number of nitrogens with zero attached hydrogens (tertiary/aromatic N) is 2. The van der Waals surface area contributed by atoms with Crippen LogP contribution in [-0.2, 0) is 6.54 Å². The Bertz CT molecular complexity index is 557. The average molecular weight is 278 g/mol. The zero-order valence-corrected chi connectivity index (χ0v) is 11.5. The Morgan fingerprint density at radius 1 is 1.47 bits per heavy atom. The van der Waals surface area contributed by atoms with Gasteiger partial charge in [-0.05, 0) is 31.3 Å². The number of furan rings is 1. The topological polar surface area (TPSA) is 72.2 Å². The van der Waals surface area contributed by atoms with E-state index in [1.807, 2.05) is 19.1 Å². The van der Waals surface area contributed by atoms with Crippen LogP contribution in [-0.4, -0.2) is 22.2 Å². The maximum absolute atomic E-state index is 5.19. The van der Waals surface area contributed by atoms with Gasteiger partial charge in [0.15, 0.2) is 5.11 Å². The minimum absolute atomic E-state index is 0.397. The summed E-state index contributed by atoms with van der Waals surface area (Å²) in [6.45, 7) is 2.36. The minimum Gasteiger partial charge on any atom is -0.481 e. The van der Waals surface area contributed by atoms with Crippen LogP contribution in [0.3, 0.4) is 0 Å². The van der Waals surface area contributed by atoms with Crippen LogP contribution in [0.4, 0.5) is 5.95 Å². The van der Waals surface area contributed by atoms with Crippen molar-refractivity contribution in [2.24, 2.45) is 0 Å². The second-order valence-corrected chi connectivity index (χ2v) is 4.17. The summed E-state index contributed by atoms with van der Waals surface area (Å²) in [6.07, 6.45) is 1.61. The van der Waals surface area contributed by atoms with Gasteiger partial charge in [0, 0.05) is 11.8 Å². The van der Waals surface area contributed by atoms with Crippen LogP contribution in [0.15, 0.2) is 28.9 Å². The largest absolute Gasteiger partial charge is 0.481 e. The van der Waals surface area contributed by atoms with Gasteiger partial charge < -0.3 is 19.8 Å². The molecular weight excluding hydrogens is 264 g/mol. The molecule has 0 aliphatic carbocycles. The van der Waals surface area contributed by atoms with Crippen molar-refractivity contribution < 1.29 is 9.15 Å². The van der Waals surface area contributed by atoms with E-state index in [0.29, 0.717) is 23.5 Å². The van der Waals surface area contributed by atoms with Gasteiger partial charge in [-0.25, -0.2) is 4.98 Å². The molecule has 2 N–H and O–H groups in total. The predicted octanol–water partition coefficient (Wildman–Crippen LogP) is 1.87. The van der Waals surface area contributed by atoms with E-state index in [0.717, 1.165) is 11.5 Å². The minimum atomic E-state index is 0.397. The molecule has 0 aliphatic heterocycles. The number of aromatic nitrogens is 2. The standard InChI is InChI=1S/C12H14N4O2S/c1-8-6-10(17-2)15-11(14-8)16-12(19)13-7-9-4-3-5-18-9/h3-6H,7H2,1-2H3,(H2,13,14,15,16,19). The number of thiocarbonyl (C=S) groups is 1. The smallest absolute Gasteiger partial charge is 0.232 e. The molecule has 2 heterocycles. The maximum Gasteiger partial charge on any atom is 0.232 e. The van der Waals surface area contributed by atoms with E-state index >= 15 is 0 Å². The quantitative estimate of drug-likeness (QED) is 0.827. The van der Waals surface area contributed by atoms with Gasteiger partial charge in [0.05, 0.1) is 19.9 Å². The van der Waals surface area contributed by atoms with E-state index in [1.165, 1.54) is 0 Å². The molecule has 0 saturated heterocycles. The van der Waals surface area contributed by atoms with Crippen molar-refractivity contribution in [1.29, 1.82) is 0 Å². The van der Waals surface area contributed by atoms with Crippen molar-refractivity contribution in [1.82, 2.24) is 15.3 Å². The zero-order chi connectivity index (χ0) is 13.7. The van der Waals surface area contributed by atoms with Gasteiger partial charge in [-0.1, -0.05) is 0 Å². The van der Waals surface area contributed by atoms with Gasteiger partial charge in [0.1, 0.15) is 5.76 Å². The molecule has 0 bridgehead atoms. The van der Waals surface area contributed by atoms with Crippen molar-refractivity contribution in [2.45, 2.75) is 13.5 Å². The van der Waals surface area contributed by atoms with E-state index < -0.39 is 0 Å². The lowest BCUT2D eigenvalue weighted by molar-refractivity contribution is 0.397. The molecule has 0 spiro atoms. The second-order valence-electron chi connectivity index (χ2n) is 3.76. The number of ether oxygens (including phenoxy) is 1. The third kappa shape index (κ3) is 3.92. The first kappa shape index (κ1) is 13.3. The highest BCUT2D eigenvalue weighted by Gasteiger charge is 2.05. The summed E-state index contributed by atoms with van der Waals surface area (Å²) in [5, 5.41) is 6.31. The molecular formula is C12H14N4O2S. The van der Waals surface area contributed by atoms with Crippen molar-refractivity contribution in [3.05, 3.63) is 35.9 Å². The van der Waals surface area contributed by atoms with Crippen LogP contribution in [0.2, 0.25) is 0 Å². The Labute approximate surface area is 116 Å². The van der Waals surface area contributed by atoms with Crippen molar-refractivity contribution in [3.63, 3.8) is 0 Å². The highest BCUT2D eigenvalue weighted by Crippen LogP contribution is 2.11. The third-order valence-electron chi connectivity index (χ3n) is 2.27. The Morgan fingerprint density at radius 2 is 2.32 bits per heavy atom. The van der Waals surface area contributed by atoms with Gasteiger partial charge in [0.25, 0.3) is 0 Å². The van der Waals surface area contributed by atoms with Crippen LogP contribution in [0.25, 0.3) is 0 Å². The number of aryl methyl sites for hydroxylation is 1. The molecule has 0 saturated carbocycles. The summed E-state index contributed by atoms with van der Waals surface area (Å²) in [7, 11) is 1.55. The van der Waals surface area contributed by atoms with E-state index in [2.05, 4.69) is 20.6 Å². The fourth-order valence-electron chi connectivity index (χ4n) is 1.43. The number of methoxy groups -OCH3 is 1. The van der Waals surface area contributed by atoms with Gasteiger partial charge in [0.2, 0.25) is 11.8 Å². The summed E-state index contributed by atoms with van der Waals surface area (Å²) in [5.74, 6) is 1.68. The van der Waals surface area contributed by atoms with Crippen molar-refractivity contribution in [2.75, 3.05) is 12.4 Å². The first-order chi connectivity index (χ1) is 9.17. The molecule has 19 heavy (non-hydrogen) atoms. The van der Waals surface area contributed by atoms with Crippen LogP contribution in [0.5, 0.6) is 5.88 Å². The number of anilines is 1. The van der Waals surface area contributed by atoms with E-state index in [1.54, 1.807) is 19.4 Å². The monoisotopic (exact) mass is 278 g/mol. The molecule has 0 fully saturated rings. The van der Waals surface area contributed by atoms with E-state index in [9.17, 15) is 0 Å². The normalized spacial score (nSPS) is 10.0. The highest BCUT2D eigenvalue weighted by molar-refractivity contribution is 7.80. The summed E-state index contributed by atoms with van der Waals surface area (Å²) in [6, 6.07) is 5.42. The molecule has 2 aromatic rings. The predicted molar refractivity (Wildman–Crippen MR) is 75.1 cm³/mol. The summed E-state index contributed by atoms with van der Waals surface area (Å²) in [5.41, 5.74) is 0.795. The van der Waals surface area contributed by atoms with Gasteiger partial charge in [-0.15, -0.1) is 0 Å². The molecule has 2 aromatic heterocycles. The van der Waals surface area contributed by atoms with Gasteiger partial charge >= 0.3 is 0 Å².